The Labute approximate surface area is 91.5 Å². The highest BCUT2D eigenvalue weighted by Gasteiger charge is 2.43. The van der Waals surface area contributed by atoms with Crippen molar-refractivity contribution in [2.75, 3.05) is 20.3 Å². The highest BCUT2D eigenvalue weighted by Crippen LogP contribution is 2.44. The average Bonchev–Trinajstić information content (AvgIpc) is 2.16. The maximum atomic E-state index is 12.0. The summed E-state index contributed by atoms with van der Waals surface area (Å²) < 4.78 is 5.05. The summed E-state index contributed by atoms with van der Waals surface area (Å²) in [6, 6.07) is 0.0671. The van der Waals surface area contributed by atoms with Gasteiger partial charge in [0, 0.05) is 26.3 Å². The van der Waals surface area contributed by atoms with Crippen LogP contribution in [0.15, 0.2) is 0 Å². The maximum Gasteiger partial charge on any atom is 0.226 e. The molecule has 1 saturated carbocycles. The molecule has 1 atom stereocenters. The van der Waals surface area contributed by atoms with Gasteiger partial charge in [0.1, 0.15) is 0 Å². The van der Waals surface area contributed by atoms with Crippen LogP contribution in [0.2, 0.25) is 0 Å². The summed E-state index contributed by atoms with van der Waals surface area (Å²) in [6.07, 6.45) is 3.94. The maximum absolute atomic E-state index is 12.0. The standard InChI is InChI=1S/C11H22N2O2/c1-9(8-12)13-10(14)11(4-3-5-11)6-7-15-2/h9H,3-8,12H2,1-2H3,(H,13,14)/t9-/m0/s1. The van der Waals surface area contributed by atoms with Crippen LogP contribution in [0.25, 0.3) is 0 Å². The minimum absolute atomic E-state index is 0.0671. The smallest absolute Gasteiger partial charge is 0.226 e. The number of methoxy groups -OCH3 is 1. The van der Waals surface area contributed by atoms with Crippen molar-refractivity contribution in [1.29, 1.82) is 0 Å². The van der Waals surface area contributed by atoms with Crippen molar-refractivity contribution in [3.8, 4) is 0 Å². The minimum Gasteiger partial charge on any atom is -0.385 e. The normalized spacial score (nSPS) is 20.5. The van der Waals surface area contributed by atoms with E-state index in [0.29, 0.717) is 13.2 Å². The second-order valence-corrected chi connectivity index (χ2v) is 4.49. The predicted octanol–water partition coefficient (Wildman–Crippen LogP) is 0.657. The molecule has 88 valence electrons. The molecule has 0 spiro atoms. The van der Waals surface area contributed by atoms with Crippen LogP contribution in [-0.4, -0.2) is 32.2 Å². The van der Waals surface area contributed by atoms with Crippen LogP contribution in [0.5, 0.6) is 0 Å². The molecule has 0 unspecified atom stereocenters. The second-order valence-electron chi connectivity index (χ2n) is 4.49. The molecular formula is C11H22N2O2. The van der Waals surface area contributed by atoms with Gasteiger partial charge in [0.25, 0.3) is 0 Å². The van der Waals surface area contributed by atoms with Gasteiger partial charge < -0.3 is 15.8 Å². The average molecular weight is 214 g/mol. The van der Waals surface area contributed by atoms with E-state index in [-0.39, 0.29) is 17.4 Å². The van der Waals surface area contributed by atoms with Crippen LogP contribution in [0.4, 0.5) is 0 Å². The first-order valence-electron chi connectivity index (χ1n) is 5.64. The van der Waals surface area contributed by atoms with Crippen LogP contribution in [0.3, 0.4) is 0 Å². The van der Waals surface area contributed by atoms with Gasteiger partial charge >= 0.3 is 0 Å². The fourth-order valence-electron chi connectivity index (χ4n) is 1.93. The third kappa shape index (κ3) is 2.92. The summed E-state index contributed by atoms with van der Waals surface area (Å²) in [5.41, 5.74) is 5.32. The first-order chi connectivity index (χ1) is 7.14. The Kier molecular flexibility index (Phi) is 4.54. The van der Waals surface area contributed by atoms with Gasteiger partial charge in [0.05, 0.1) is 5.41 Å². The van der Waals surface area contributed by atoms with E-state index < -0.39 is 0 Å². The fraction of sp³-hybridized carbons (Fsp3) is 0.909. The molecule has 1 rings (SSSR count). The predicted molar refractivity (Wildman–Crippen MR) is 59.4 cm³/mol. The van der Waals surface area contributed by atoms with Crippen LogP contribution < -0.4 is 11.1 Å². The summed E-state index contributed by atoms with van der Waals surface area (Å²) in [7, 11) is 1.67. The molecular weight excluding hydrogens is 192 g/mol. The van der Waals surface area contributed by atoms with Crippen molar-refractivity contribution in [2.24, 2.45) is 11.1 Å². The van der Waals surface area contributed by atoms with Crippen molar-refractivity contribution in [3.05, 3.63) is 0 Å². The Morgan fingerprint density at radius 1 is 1.60 bits per heavy atom. The highest BCUT2D eigenvalue weighted by atomic mass is 16.5. The third-order valence-corrected chi connectivity index (χ3v) is 3.31. The number of carbonyl (C=O) groups is 1. The summed E-state index contributed by atoms with van der Waals surface area (Å²) in [4.78, 5) is 12.0. The van der Waals surface area contributed by atoms with Gasteiger partial charge in [-0.25, -0.2) is 0 Å². The molecule has 0 aromatic rings. The first-order valence-corrected chi connectivity index (χ1v) is 5.64. The molecule has 0 radical (unpaired) electrons. The molecule has 1 amide bonds. The fourth-order valence-corrected chi connectivity index (χ4v) is 1.93. The second kappa shape index (κ2) is 5.47. The van der Waals surface area contributed by atoms with Gasteiger partial charge in [0.2, 0.25) is 5.91 Å². The van der Waals surface area contributed by atoms with Crippen LogP contribution >= 0.6 is 0 Å². The van der Waals surface area contributed by atoms with Gasteiger partial charge in [-0.2, -0.15) is 0 Å². The molecule has 4 nitrogen and oxygen atoms in total. The van der Waals surface area contributed by atoms with Crippen LogP contribution in [0.1, 0.15) is 32.6 Å². The topological polar surface area (TPSA) is 64.3 Å². The van der Waals surface area contributed by atoms with E-state index >= 15 is 0 Å². The molecule has 1 aliphatic carbocycles. The van der Waals surface area contributed by atoms with Gasteiger partial charge in [-0.3, -0.25) is 4.79 Å². The Hall–Kier alpha value is -0.610. The van der Waals surface area contributed by atoms with Gasteiger partial charge in [0.15, 0.2) is 0 Å². The number of carbonyl (C=O) groups excluding carboxylic acids is 1. The lowest BCUT2D eigenvalue weighted by Gasteiger charge is -2.40. The van der Waals surface area contributed by atoms with E-state index in [4.69, 9.17) is 10.5 Å². The lowest BCUT2D eigenvalue weighted by Crippen LogP contribution is -2.50. The highest BCUT2D eigenvalue weighted by molar-refractivity contribution is 5.83. The third-order valence-electron chi connectivity index (χ3n) is 3.31. The van der Waals surface area contributed by atoms with Crippen molar-refractivity contribution >= 4 is 5.91 Å². The minimum atomic E-state index is -0.167. The lowest BCUT2D eigenvalue weighted by atomic mass is 9.66. The molecule has 3 N–H and O–H groups in total. The van der Waals surface area contributed by atoms with Crippen LogP contribution in [0, 0.1) is 5.41 Å². The van der Waals surface area contributed by atoms with Crippen molar-refractivity contribution in [3.63, 3.8) is 0 Å². The summed E-state index contributed by atoms with van der Waals surface area (Å²) in [5.74, 6) is 0.156. The van der Waals surface area contributed by atoms with E-state index in [2.05, 4.69) is 5.32 Å². The van der Waals surface area contributed by atoms with E-state index in [1.807, 2.05) is 6.92 Å². The molecule has 15 heavy (non-hydrogen) atoms. The molecule has 1 fully saturated rings. The number of hydrogen-bond acceptors (Lipinski definition) is 3. The van der Waals surface area contributed by atoms with Crippen molar-refractivity contribution in [1.82, 2.24) is 5.32 Å². The molecule has 4 heteroatoms. The zero-order chi connectivity index (χ0) is 11.3. The molecule has 0 heterocycles. The zero-order valence-corrected chi connectivity index (χ0v) is 9.71. The van der Waals surface area contributed by atoms with Gasteiger partial charge in [-0.05, 0) is 26.2 Å². The molecule has 0 aromatic carbocycles. The molecule has 0 aromatic heterocycles. The Morgan fingerprint density at radius 2 is 2.27 bits per heavy atom. The monoisotopic (exact) mass is 214 g/mol. The summed E-state index contributed by atoms with van der Waals surface area (Å²) in [5, 5.41) is 2.96. The van der Waals surface area contributed by atoms with E-state index in [9.17, 15) is 4.79 Å². The number of hydrogen-bond donors (Lipinski definition) is 2. The molecule has 0 aliphatic heterocycles. The SMILES string of the molecule is COCCC1(C(=O)N[C@@H](C)CN)CCC1. The lowest BCUT2D eigenvalue weighted by molar-refractivity contribution is -0.138. The molecule has 0 saturated heterocycles. The molecule has 0 bridgehead atoms. The zero-order valence-electron chi connectivity index (χ0n) is 9.71. The van der Waals surface area contributed by atoms with Gasteiger partial charge in [-0.1, -0.05) is 6.42 Å². The van der Waals surface area contributed by atoms with Gasteiger partial charge in [-0.15, -0.1) is 0 Å². The largest absolute Gasteiger partial charge is 0.385 e. The Morgan fingerprint density at radius 3 is 2.67 bits per heavy atom. The number of nitrogens with one attached hydrogen (secondary N) is 1. The quantitative estimate of drug-likeness (QED) is 0.682. The van der Waals surface area contributed by atoms with E-state index in [0.717, 1.165) is 25.7 Å². The summed E-state index contributed by atoms with van der Waals surface area (Å²) >= 11 is 0. The van der Waals surface area contributed by atoms with Crippen LogP contribution in [-0.2, 0) is 9.53 Å². The number of rotatable bonds is 6. The number of amides is 1. The number of nitrogens with two attached hydrogens (primary N) is 1. The van der Waals surface area contributed by atoms with E-state index in [1.54, 1.807) is 7.11 Å². The number of ether oxygens (including phenoxy) is 1. The Balaban J connectivity index is 2.46. The summed E-state index contributed by atoms with van der Waals surface area (Å²) in [6.45, 7) is 3.08. The van der Waals surface area contributed by atoms with Crippen molar-refractivity contribution < 1.29 is 9.53 Å². The molecule has 1 aliphatic rings. The van der Waals surface area contributed by atoms with Crippen molar-refractivity contribution in [2.45, 2.75) is 38.6 Å². The Bertz CT molecular complexity index is 215. The van der Waals surface area contributed by atoms with E-state index in [1.165, 1.54) is 0 Å². The first kappa shape index (κ1) is 12.5.